The smallest absolute Gasteiger partial charge is 0.489 e. The topological polar surface area (TPSA) is 76.4 Å². The van der Waals surface area contributed by atoms with Crippen LogP contribution in [0.2, 0.25) is 5.02 Å². The van der Waals surface area contributed by atoms with Crippen LogP contribution < -0.4 is 10.1 Å². The number of halogens is 4. The molecule has 0 unspecified atom stereocenters. The number of hydrogen-bond donors (Lipinski definition) is 2. The number of rotatable bonds is 4. The predicted octanol–water partition coefficient (Wildman–Crippen LogP) is 5.88. The SMILES string of the molecule is Cc1cc(C)cc(-n2nccc2-c2cc(Cl)cc(C)c2OC2CCNCC2)c1.O=C(O)C(F)(F)F. The van der Waals surface area contributed by atoms with Gasteiger partial charge < -0.3 is 15.2 Å². The van der Waals surface area contributed by atoms with Crippen molar-refractivity contribution in [2.45, 2.75) is 45.9 Å². The standard InChI is InChI=1S/C23H26ClN3O.C2HF3O2/c1-15-10-16(2)12-19(11-15)27-22(6-9-26-27)21-14-18(24)13-17(3)23(21)28-20-4-7-25-8-5-20;3-2(4,5)1(6)7/h6,9-14,20,25H,4-5,7-8H2,1-3H3;(H,6,7). The van der Waals surface area contributed by atoms with Gasteiger partial charge in [0, 0.05) is 10.6 Å². The van der Waals surface area contributed by atoms with Crippen molar-refractivity contribution in [2.75, 3.05) is 13.1 Å². The van der Waals surface area contributed by atoms with Crippen molar-refractivity contribution in [1.82, 2.24) is 15.1 Å². The van der Waals surface area contributed by atoms with Crippen molar-refractivity contribution in [1.29, 1.82) is 0 Å². The first-order chi connectivity index (χ1) is 16.5. The fraction of sp³-hybridized carbons (Fsp3) is 0.360. The van der Waals surface area contributed by atoms with Gasteiger partial charge in [0.25, 0.3) is 0 Å². The van der Waals surface area contributed by atoms with Gasteiger partial charge in [-0.05, 0) is 93.7 Å². The number of nitrogens with one attached hydrogen (secondary N) is 1. The number of carboxylic acids is 1. The molecule has 3 aromatic rings. The van der Waals surface area contributed by atoms with Crippen LogP contribution in [0.5, 0.6) is 5.75 Å². The number of benzene rings is 2. The number of carbonyl (C=O) groups is 1. The molecule has 1 aliphatic rings. The molecule has 1 fully saturated rings. The molecule has 1 saturated heterocycles. The Labute approximate surface area is 206 Å². The van der Waals surface area contributed by atoms with Gasteiger partial charge in [-0.2, -0.15) is 18.3 Å². The van der Waals surface area contributed by atoms with Crippen LogP contribution in [-0.4, -0.2) is 46.2 Å². The summed E-state index contributed by atoms with van der Waals surface area (Å²) in [4.78, 5) is 8.90. The summed E-state index contributed by atoms with van der Waals surface area (Å²) in [6.45, 7) is 8.26. The van der Waals surface area contributed by atoms with Gasteiger partial charge in [0.15, 0.2) is 0 Å². The Morgan fingerprint density at radius 2 is 1.71 bits per heavy atom. The Kier molecular flexibility index (Phi) is 8.45. The summed E-state index contributed by atoms with van der Waals surface area (Å²) >= 11 is 6.44. The van der Waals surface area contributed by atoms with E-state index in [0.29, 0.717) is 5.02 Å². The van der Waals surface area contributed by atoms with Crippen LogP contribution in [0.1, 0.15) is 29.5 Å². The van der Waals surface area contributed by atoms with Gasteiger partial charge in [-0.3, -0.25) is 0 Å². The summed E-state index contributed by atoms with van der Waals surface area (Å²) in [6, 6.07) is 12.4. The van der Waals surface area contributed by atoms with Crippen LogP contribution in [0.15, 0.2) is 42.6 Å². The van der Waals surface area contributed by atoms with E-state index in [2.05, 4.69) is 49.4 Å². The first-order valence-electron chi connectivity index (χ1n) is 11.1. The Bertz CT molecular complexity index is 1170. The van der Waals surface area contributed by atoms with E-state index in [4.69, 9.17) is 26.2 Å². The van der Waals surface area contributed by atoms with Gasteiger partial charge in [0.1, 0.15) is 11.9 Å². The van der Waals surface area contributed by atoms with Crippen LogP contribution >= 0.6 is 11.6 Å². The molecule has 0 amide bonds. The van der Waals surface area contributed by atoms with Gasteiger partial charge in [0.2, 0.25) is 0 Å². The molecular weight excluding hydrogens is 483 g/mol. The lowest BCUT2D eigenvalue weighted by atomic mass is 10.0. The molecule has 0 radical (unpaired) electrons. The van der Waals surface area contributed by atoms with Crippen molar-refractivity contribution >= 4 is 17.6 Å². The van der Waals surface area contributed by atoms with Crippen LogP contribution in [0.4, 0.5) is 13.2 Å². The van der Waals surface area contributed by atoms with Crippen LogP contribution in [0.3, 0.4) is 0 Å². The van der Waals surface area contributed by atoms with E-state index in [-0.39, 0.29) is 6.10 Å². The van der Waals surface area contributed by atoms with Crippen molar-refractivity contribution in [3.63, 3.8) is 0 Å². The highest BCUT2D eigenvalue weighted by molar-refractivity contribution is 6.31. The highest BCUT2D eigenvalue weighted by Gasteiger charge is 2.38. The largest absolute Gasteiger partial charge is 0.490 e. The zero-order valence-corrected chi connectivity index (χ0v) is 20.4. The number of aliphatic carboxylic acids is 1. The van der Waals surface area contributed by atoms with Gasteiger partial charge in [-0.1, -0.05) is 17.7 Å². The summed E-state index contributed by atoms with van der Waals surface area (Å²) in [6.07, 6.45) is -1.01. The number of piperidine rings is 1. The second-order valence-electron chi connectivity index (χ2n) is 8.44. The number of nitrogens with zero attached hydrogens (tertiary/aromatic N) is 2. The molecule has 10 heteroatoms. The second kappa shape index (κ2) is 11.1. The fourth-order valence-electron chi connectivity index (χ4n) is 3.94. The Morgan fingerprint density at radius 1 is 1.11 bits per heavy atom. The van der Waals surface area contributed by atoms with Crippen molar-refractivity contribution < 1.29 is 27.8 Å². The quantitative estimate of drug-likeness (QED) is 0.459. The monoisotopic (exact) mass is 509 g/mol. The highest BCUT2D eigenvalue weighted by Crippen LogP contribution is 2.38. The first-order valence-corrected chi connectivity index (χ1v) is 11.4. The lowest BCUT2D eigenvalue weighted by Gasteiger charge is -2.26. The minimum absolute atomic E-state index is 0.220. The van der Waals surface area contributed by atoms with E-state index >= 15 is 0 Å². The molecule has 35 heavy (non-hydrogen) atoms. The van der Waals surface area contributed by atoms with Gasteiger partial charge >= 0.3 is 12.1 Å². The number of aromatic nitrogens is 2. The maximum atomic E-state index is 10.6. The molecule has 0 bridgehead atoms. The third-order valence-corrected chi connectivity index (χ3v) is 5.64. The fourth-order valence-corrected chi connectivity index (χ4v) is 4.22. The lowest BCUT2D eigenvalue weighted by Crippen LogP contribution is -2.34. The molecule has 0 atom stereocenters. The third kappa shape index (κ3) is 6.99. The lowest BCUT2D eigenvalue weighted by molar-refractivity contribution is -0.192. The molecule has 0 spiro atoms. The van der Waals surface area contributed by atoms with E-state index in [0.717, 1.165) is 54.2 Å². The van der Waals surface area contributed by atoms with Crippen LogP contribution in [0.25, 0.3) is 16.9 Å². The zero-order valence-electron chi connectivity index (χ0n) is 19.6. The Balaban J connectivity index is 0.000000429. The van der Waals surface area contributed by atoms with E-state index in [9.17, 15) is 13.2 Å². The summed E-state index contributed by atoms with van der Waals surface area (Å²) in [5.41, 5.74) is 6.49. The summed E-state index contributed by atoms with van der Waals surface area (Å²) in [5, 5.41) is 15.8. The minimum atomic E-state index is -5.08. The van der Waals surface area contributed by atoms with E-state index in [1.807, 2.05) is 29.1 Å². The molecule has 1 aliphatic heterocycles. The molecule has 0 saturated carbocycles. The number of alkyl halides is 3. The van der Waals surface area contributed by atoms with Crippen LogP contribution in [-0.2, 0) is 4.79 Å². The normalized spacial score (nSPS) is 14.3. The number of ether oxygens (including phenoxy) is 1. The Hall–Kier alpha value is -3.04. The molecule has 4 rings (SSSR count). The minimum Gasteiger partial charge on any atom is -0.489 e. The molecule has 2 aromatic carbocycles. The molecule has 188 valence electrons. The first kappa shape index (κ1) is 26.6. The number of aryl methyl sites for hydroxylation is 3. The zero-order chi connectivity index (χ0) is 25.8. The average molecular weight is 510 g/mol. The molecule has 0 aliphatic carbocycles. The van der Waals surface area contributed by atoms with Crippen molar-refractivity contribution in [2.24, 2.45) is 0 Å². The van der Waals surface area contributed by atoms with Crippen LogP contribution in [0, 0.1) is 20.8 Å². The highest BCUT2D eigenvalue weighted by atomic mass is 35.5. The molecule has 1 aromatic heterocycles. The summed E-state index contributed by atoms with van der Waals surface area (Å²) in [7, 11) is 0. The van der Waals surface area contributed by atoms with Gasteiger partial charge in [0.05, 0.1) is 17.6 Å². The van der Waals surface area contributed by atoms with E-state index in [1.165, 1.54) is 11.1 Å². The van der Waals surface area contributed by atoms with E-state index < -0.39 is 12.1 Å². The molecular formula is C25H27ClF3N3O3. The molecule has 2 heterocycles. The summed E-state index contributed by atoms with van der Waals surface area (Å²) in [5.74, 6) is -1.85. The second-order valence-corrected chi connectivity index (χ2v) is 8.88. The predicted molar refractivity (Wildman–Crippen MR) is 128 cm³/mol. The molecule has 6 nitrogen and oxygen atoms in total. The third-order valence-electron chi connectivity index (χ3n) is 5.42. The number of carboxylic acid groups (broad SMARTS) is 1. The molecule has 2 N–H and O–H groups in total. The maximum absolute atomic E-state index is 10.6. The van der Waals surface area contributed by atoms with Gasteiger partial charge in [-0.15, -0.1) is 0 Å². The number of hydrogen-bond acceptors (Lipinski definition) is 4. The van der Waals surface area contributed by atoms with Crippen molar-refractivity contribution in [3.05, 3.63) is 64.3 Å². The van der Waals surface area contributed by atoms with E-state index in [1.54, 1.807) is 0 Å². The maximum Gasteiger partial charge on any atom is 0.490 e. The summed E-state index contributed by atoms with van der Waals surface area (Å²) < 4.78 is 40.2. The Morgan fingerprint density at radius 3 is 2.29 bits per heavy atom. The van der Waals surface area contributed by atoms with Crippen molar-refractivity contribution in [3.8, 4) is 22.7 Å². The average Bonchev–Trinajstić information content (AvgIpc) is 3.25. The van der Waals surface area contributed by atoms with Gasteiger partial charge in [-0.25, -0.2) is 9.48 Å².